The highest BCUT2D eigenvalue weighted by Gasteiger charge is 2.46. The summed E-state index contributed by atoms with van der Waals surface area (Å²) in [5, 5.41) is 6.93. The van der Waals surface area contributed by atoms with E-state index in [1.165, 1.54) is 0 Å². The first kappa shape index (κ1) is 15.0. The van der Waals surface area contributed by atoms with Crippen molar-refractivity contribution in [1.82, 2.24) is 5.32 Å². The zero-order valence-corrected chi connectivity index (χ0v) is 13.5. The van der Waals surface area contributed by atoms with Gasteiger partial charge in [-0.05, 0) is 56.8 Å². The minimum atomic E-state index is -0.425. The molecule has 1 aromatic carbocycles. The van der Waals surface area contributed by atoms with E-state index in [9.17, 15) is 4.79 Å². The second-order valence-corrected chi connectivity index (χ2v) is 6.95. The molecule has 1 amide bonds. The Bertz CT molecular complexity index is 577. The van der Waals surface area contributed by atoms with Crippen LogP contribution in [0.2, 0.25) is 0 Å². The van der Waals surface area contributed by atoms with E-state index >= 15 is 0 Å². The standard InChI is InChI=1S/C18H25N3O2/c22-17-18(7-9-19-10-8-18)20-15-3-1-2-4-16(15)21(17)11-5-14-6-12-23-13-14/h1-4,14,19-20H,5-13H2. The van der Waals surface area contributed by atoms with E-state index in [2.05, 4.69) is 22.8 Å². The number of piperidine rings is 1. The van der Waals surface area contributed by atoms with E-state index in [-0.39, 0.29) is 5.91 Å². The molecule has 3 heterocycles. The highest BCUT2D eigenvalue weighted by Crippen LogP contribution is 2.39. The number of amides is 1. The lowest BCUT2D eigenvalue weighted by atomic mass is 9.84. The van der Waals surface area contributed by atoms with Gasteiger partial charge in [-0.3, -0.25) is 4.79 Å². The number of benzene rings is 1. The number of fused-ring (bicyclic) bond motifs is 1. The van der Waals surface area contributed by atoms with Crippen LogP contribution in [0.25, 0.3) is 0 Å². The Balaban J connectivity index is 1.60. The summed E-state index contributed by atoms with van der Waals surface area (Å²) in [6, 6.07) is 8.20. The van der Waals surface area contributed by atoms with Gasteiger partial charge < -0.3 is 20.3 Å². The van der Waals surface area contributed by atoms with Crippen molar-refractivity contribution in [3.05, 3.63) is 24.3 Å². The molecule has 5 nitrogen and oxygen atoms in total. The van der Waals surface area contributed by atoms with Gasteiger partial charge in [-0.15, -0.1) is 0 Å². The van der Waals surface area contributed by atoms with Crippen molar-refractivity contribution in [2.24, 2.45) is 5.92 Å². The molecule has 0 saturated carbocycles. The molecular formula is C18H25N3O2. The monoisotopic (exact) mass is 315 g/mol. The molecule has 2 saturated heterocycles. The average Bonchev–Trinajstić information content (AvgIpc) is 3.10. The van der Waals surface area contributed by atoms with Crippen molar-refractivity contribution >= 4 is 17.3 Å². The van der Waals surface area contributed by atoms with E-state index in [0.29, 0.717) is 5.92 Å². The molecule has 3 aliphatic heterocycles. The predicted molar refractivity (Wildman–Crippen MR) is 90.8 cm³/mol. The second kappa shape index (κ2) is 6.13. The topological polar surface area (TPSA) is 53.6 Å². The van der Waals surface area contributed by atoms with Gasteiger partial charge in [-0.25, -0.2) is 0 Å². The molecule has 0 aromatic heterocycles. The Morgan fingerprint density at radius 2 is 2.09 bits per heavy atom. The molecule has 23 heavy (non-hydrogen) atoms. The zero-order chi connectivity index (χ0) is 15.7. The summed E-state index contributed by atoms with van der Waals surface area (Å²) in [6.45, 7) is 4.29. The highest BCUT2D eigenvalue weighted by molar-refractivity contribution is 6.08. The molecule has 4 rings (SSSR count). The van der Waals surface area contributed by atoms with Gasteiger partial charge in [-0.1, -0.05) is 12.1 Å². The molecule has 0 aliphatic carbocycles. The van der Waals surface area contributed by atoms with Gasteiger partial charge in [0, 0.05) is 19.8 Å². The number of nitrogens with zero attached hydrogens (tertiary/aromatic N) is 1. The number of carbonyl (C=O) groups is 1. The maximum absolute atomic E-state index is 13.3. The molecule has 1 aromatic rings. The number of ether oxygens (including phenoxy) is 1. The third kappa shape index (κ3) is 2.72. The van der Waals surface area contributed by atoms with Crippen molar-refractivity contribution in [1.29, 1.82) is 0 Å². The van der Waals surface area contributed by atoms with Crippen LogP contribution in [0.3, 0.4) is 0 Å². The van der Waals surface area contributed by atoms with Crippen LogP contribution in [-0.2, 0) is 9.53 Å². The lowest BCUT2D eigenvalue weighted by Crippen LogP contribution is -2.61. The normalized spacial score (nSPS) is 26.2. The van der Waals surface area contributed by atoms with E-state index in [4.69, 9.17) is 4.74 Å². The number of anilines is 2. The minimum absolute atomic E-state index is 0.247. The molecule has 1 unspecified atom stereocenters. The van der Waals surface area contributed by atoms with Gasteiger partial charge in [0.1, 0.15) is 5.54 Å². The molecule has 1 atom stereocenters. The molecular weight excluding hydrogens is 290 g/mol. The van der Waals surface area contributed by atoms with Gasteiger partial charge in [0.2, 0.25) is 0 Å². The molecule has 2 N–H and O–H groups in total. The predicted octanol–water partition coefficient (Wildman–Crippen LogP) is 1.99. The van der Waals surface area contributed by atoms with E-state index in [1.807, 2.05) is 17.0 Å². The van der Waals surface area contributed by atoms with Crippen molar-refractivity contribution in [2.45, 2.75) is 31.2 Å². The Morgan fingerprint density at radius 3 is 2.87 bits per heavy atom. The fourth-order valence-electron chi connectivity index (χ4n) is 4.03. The average molecular weight is 315 g/mol. The molecule has 124 valence electrons. The largest absolute Gasteiger partial charge is 0.381 e. The third-order valence-electron chi connectivity index (χ3n) is 5.47. The van der Waals surface area contributed by atoms with Crippen LogP contribution in [0.15, 0.2) is 24.3 Å². The summed E-state index contributed by atoms with van der Waals surface area (Å²) in [7, 11) is 0. The molecule has 2 fully saturated rings. The fraction of sp³-hybridized carbons (Fsp3) is 0.611. The Hall–Kier alpha value is -1.59. The third-order valence-corrected chi connectivity index (χ3v) is 5.47. The quantitative estimate of drug-likeness (QED) is 0.896. The minimum Gasteiger partial charge on any atom is -0.381 e. The van der Waals surface area contributed by atoms with Crippen LogP contribution in [0.4, 0.5) is 11.4 Å². The number of rotatable bonds is 3. The SMILES string of the molecule is O=C1N(CCC2CCOC2)c2ccccc2NC12CCNCC2. The molecule has 0 radical (unpaired) electrons. The second-order valence-electron chi connectivity index (χ2n) is 6.95. The summed E-state index contributed by atoms with van der Waals surface area (Å²) in [6.07, 6.45) is 3.85. The maximum atomic E-state index is 13.3. The molecule has 5 heteroatoms. The van der Waals surface area contributed by atoms with Gasteiger partial charge in [0.15, 0.2) is 0 Å². The number of carbonyl (C=O) groups excluding carboxylic acids is 1. The maximum Gasteiger partial charge on any atom is 0.252 e. The molecule has 1 spiro atoms. The Labute approximate surface area is 137 Å². The summed E-state index contributed by atoms with van der Waals surface area (Å²) in [5.74, 6) is 0.838. The lowest BCUT2D eigenvalue weighted by molar-refractivity contribution is -0.124. The van der Waals surface area contributed by atoms with Crippen molar-refractivity contribution in [3.63, 3.8) is 0 Å². The zero-order valence-electron chi connectivity index (χ0n) is 13.5. The summed E-state index contributed by atoms with van der Waals surface area (Å²) in [5.41, 5.74) is 1.70. The van der Waals surface area contributed by atoms with Crippen LogP contribution in [0.1, 0.15) is 25.7 Å². The first-order valence-corrected chi connectivity index (χ1v) is 8.76. The fourth-order valence-corrected chi connectivity index (χ4v) is 4.03. The van der Waals surface area contributed by atoms with E-state index in [0.717, 1.165) is 69.9 Å². The van der Waals surface area contributed by atoms with Crippen LogP contribution >= 0.6 is 0 Å². The van der Waals surface area contributed by atoms with Gasteiger partial charge in [0.05, 0.1) is 11.4 Å². The lowest BCUT2D eigenvalue weighted by Gasteiger charge is -2.46. The summed E-state index contributed by atoms with van der Waals surface area (Å²) < 4.78 is 5.48. The van der Waals surface area contributed by atoms with Gasteiger partial charge in [-0.2, -0.15) is 0 Å². The van der Waals surface area contributed by atoms with Crippen LogP contribution in [0, 0.1) is 5.92 Å². The van der Waals surface area contributed by atoms with Crippen molar-refractivity contribution in [3.8, 4) is 0 Å². The van der Waals surface area contributed by atoms with E-state index in [1.54, 1.807) is 0 Å². The Morgan fingerprint density at radius 1 is 1.26 bits per heavy atom. The van der Waals surface area contributed by atoms with Crippen molar-refractivity contribution in [2.75, 3.05) is 43.1 Å². The summed E-state index contributed by atoms with van der Waals surface area (Å²) >= 11 is 0. The smallest absolute Gasteiger partial charge is 0.252 e. The van der Waals surface area contributed by atoms with Crippen LogP contribution < -0.4 is 15.5 Å². The first-order valence-electron chi connectivity index (χ1n) is 8.76. The van der Waals surface area contributed by atoms with Crippen LogP contribution in [-0.4, -0.2) is 44.3 Å². The molecule has 0 bridgehead atoms. The summed E-state index contributed by atoms with van der Waals surface area (Å²) in [4.78, 5) is 15.3. The van der Waals surface area contributed by atoms with Crippen molar-refractivity contribution < 1.29 is 9.53 Å². The van der Waals surface area contributed by atoms with E-state index < -0.39 is 5.54 Å². The number of nitrogens with one attached hydrogen (secondary N) is 2. The van der Waals surface area contributed by atoms with Gasteiger partial charge in [0.25, 0.3) is 5.91 Å². The highest BCUT2D eigenvalue weighted by atomic mass is 16.5. The Kier molecular flexibility index (Phi) is 3.99. The number of hydrogen-bond acceptors (Lipinski definition) is 4. The number of hydrogen-bond donors (Lipinski definition) is 2. The first-order chi connectivity index (χ1) is 11.3. The number of para-hydroxylation sites is 2. The van der Waals surface area contributed by atoms with Crippen LogP contribution in [0.5, 0.6) is 0 Å². The van der Waals surface area contributed by atoms with Gasteiger partial charge >= 0.3 is 0 Å². The molecule has 3 aliphatic rings.